The summed E-state index contributed by atoms with van der Waals surface area (Å²) in [6, 6.07) is 14.1. The molecule has 0 bridgehead atoms. The number of rotatable bonds is 9. The third-order valence-corrected chi connectivity index (χ3v) is 6.12. The first-order valence-corrected chi connectivity index (χ1v) is 11.7. The number of morpholine rings is 1. The van der Waals surface area contributed by atoms with E-state index in [1.807, 2.05) is 26.2 Å². The van der Waals surface area contributed by atoms with Crippen LogP contribution in [0.25, 0.3) is 0 Å². The minimum atomic E-state index is 0.627. The summed E-state index contributed by atoms with van der Waals surface area (Å²) in [7, 11) is 5.73. The van der Waals surface area contributed by atoms with Gasteiger partial charge in [-0.15, -0.1) is 0 Å². The quantitative estimate of drug-likeness (QED) is 0.540. The van der Waals surface area contributed by atoms with Crippen molar-refractivity contribution in [2.24, 2.45) is 0 Å². The lowest BCUT2D eigenvalue weighted by molar-refractivity contribution is 0.0368. The molecule has 2 aromatic carbocycles. The Kier molecular flexibility index (Phi) is 9.41. The molecule has 0 radical (unpaired) electrons. The van der Waals surface area contributed by atoms with Crippen LogP contribution >= 0.6 is 23.8 Å². The van der Waals surface area contributed by atoms with Crippen LogP contribution in [0, 0.1) is 0 Å². The maximum atomic E-state index is 6.11. The molecule has 0 saturated carbocycles. The molecule has 1 N–H and O–H groups in total. The van der Waals surface area contributed by atoms with Gasteiger partial charge in [0, 0.05) is 63.6 Å². The number of benzene rings is 2. The zero-order valence-corrected chi connectivity index (χ0v) is 20.7. The molecule has 174 valence electrons. The minimum Gasteiger partial charge on any atom is -0.495 e. The van der Waals surface area contributed by atoms with E-state index in [2.05, 4.69) is 44.3 Å². The van der Waals surface area contributed by atoms with Crippen molar-refractivity contribution in [3.8, 4) is 5.75 Å². The highest BCUT2D eigenvalue weighted by Gasteiger charge is 2.15. The molecule has 8 heteroatoms. The Bertz CT molecular complexity index is 873. The number of ether oxygens (including phenoxy) is 2. The molecule has 1 aliphatic heterocycles. The second-order valence-electron chi connectivity index (χ2n) is 8.06. The predicted molar refractivity (Wildman–Crippen MR) is 137 cm³/mol. The number of nitrogens with zero attached hydrogens (tertiary/aromatic N) is 3. The molecule has 6 nitrogen and oxygen atoms in total. The molecule has 3 rings (SSSR count). The summed E-state index contributed by atoms with van der Waals surface area (Å²) in [4.78, 5) is 6.77. The number of anilines is 2. The SMILES string of the molecule is COc1cc(Cl)ccc1NC(=S)N(CCCN1CCOCC1)Cc1ccc(N(C)C)cc1. The van der Waals surface area contributed by atoms with E-state index in [-0.39, 0.29) is 0 Å². The largest absolute Gasteiger partial charge is 0.495 e. The molecule has 2 aromatic rings. The summed E-state index contributed by atoms with van der Waals surface area (Å²) in [5.74, 6) is 0.670. The van der Waals surface area contributed by atoms with E-state index in [1.54, 1.807) is 13.2 Å². The van der Waals surface area contributed by atoms with Crippen LogP contribution in [-0.4, -0.2) is 75.5 Å². The van der Waals surface area contributed by atoms with Crippen LogP contribution in [0.5, 0.6) is 5.75 Å². The van der Waals surface area contributed by atoms with Crippen molar-refractivity contribution in [1.82, 2.24) is 9.80 Å². The smallest absolute Gasteiger partial charge is 0.173 e. The Morgan fingerprint density at radius 1 is 1.16 bits per heavy atom. The molecule has 0 atom stereocenters. The van der Waals surface area contributed by atoms with E-state index < -0.39 is 0 Å². The Balaban J connectivity index is 1.68. The van der Waals surface area contributed by atoms with Gasteiger partial charge in [0.25, 0.3) is 0 Å². The second-order valence-corrected chi connectivity index (χ2v) is 8.89. The average molecular weight is 477 g/mol. The molecule has 0 spiro atoms. The van der Waals surface area contributed by atoms with E-state index >= 15 is 0 Å². The summed E-state index contributed by atoms with van der Waals surface area (Å²) < 4.78 is 10.9. The molecule has 1 fully saturated rings. The molecule has 1 saturated heterocycles. The van der Waals surface area contributed by atoms with E-state index in [0.717, 1.165) is 58.0 Å². The predicted octanol–water partition coefficient (Wildman–Crippen LogP) is 4.34. The van der Waals surface area contributed by atoms with Gasteiger partial charge in [-0.05, 0) is 48.5 Å². The van der Waals surface area contributed by atoms with Crippen molar-refractivity contribution in [1.29, 1.82) is 0 Å². The molecule has 0 aromatic heterocycles. The van der Waals surface area contributed by atoms with E-state index in [4.69, 9.17) is 33.3 Å². The van der Waals surface area contributed by atoms with Crippen molar-refractivity contribution in [3.63, 3.8) is 0 Å². The highest BCUT2D eigenvalue weighted by molar-refractivity contribution is 7.80. The summed E-state index contributed by atoms with van der Waals surface area (Å²) >= 11 is 11.9. The number of hydrogen-bond acceptors (Lipinski definition) is 5. The van der Waals surface area contributed by atoms with Gasteiger partial charge in [-0.1, -0.05) is 23.7 Å². The summed E-state index contributed by atoms with van der Waals surface area (Å²) in [5.41, 5.74) is 3.21. The van der Waals surface area contributed by atoms with Gasteiger partial charge in [0.1, 0.15) is 5.75 Å². The van der Waals surface area contributed by atoms with Crippen molar-refractivity contribution in [2.75, 3.05) is 70.8 Å². The molecule has 1 aliphatic rings. The van der Waals surface area contributed by atoms with Gasteiger partial charge < -0.3 is 24.6 Å². The van der Waals surface area contributed by atoms with Gasteiger partial charge >= 0.3 is 0 Å². The Hall–Kier alpha value is -2.06. The molecule has 1 heterocycles. The highest BCUT2D eigenvalue weighted by atomic mass is 35.5. The Morgan fingerprint density at radius 3 is 2.53 bits per heavy atom. The monoisotopic (exact) mass is 476 g/mol. The number of thiocarbonyl (C=S) groups is 1. The third-order valence-electron chi connectivity index (χ3n) is 5.52. The first-order chi connectivity index (χ1) is 15.5. The highest BCUT2D eigenvalue weighted by Crippen LogP contribution is 2.28. The lowest BCUT2D eigenvalue weighted by atomic mass is 10.2. The lowest BCUT2D eigenvalue weighted by Crippen LogP contribution is -2.40. The van der Waals surface area contributed by atoms with Gasteiger partial charge in [-0.3, -0.25) is 4.90 Å². The van der Waals surface area contributed by atoms with Crippen LogP contribution in [0.3, 0.4) is 0 Å². The molecular weight excluding hydrogens is 444 g/mol. The fourth-order valence-electron chi connectivity index (χ4n) is 3.64. The van der Waals surface area contributed by atoms with Crippen LogP contribution in [-0.2, 0) is 11.3 Å². The average Bonchev–Trinajstić information content (AvgIpc) is 2.80. The number of halogens is 1. The maximum Gasteiger partial charge on any atom is 0.173 e. The standard InChI is InChI=1S/C24H33ClN4O2S/c1-27(2)21-8-5-19(6-9-21)18-29(12-4-11-28-13-15-31-16-14-28)24(32)26-22-10-7-20(25)17-23(22)30-3/h5-10,17H,4,11-16,18H2,1-3H3,(H,26,32). The maximum absolute atomic E-state index is 6.11. The molecule has 0 amide bonds. The molecule has 32 heavy (non-hydrogen) atoms. The summed E-state index contributed by atoms with van der Waals surface area (Å²) in [6.07, 6.45) is 1.02. The molecular formula is C24H33ClN4O2S. The lowest BCUT2D eigenvalue weighted by Gasteiger charge is -2.30. The third kappa shape index (κ3) is 7.24. The first kappa shape index (κ1) is 24.6. The molecule has 0 unspecified atom stereocenters. The van der Waals surface area contributed by atoms with Gasteiger partial charge in [0.05, 0.1) is 26.0 Å². The normalized spacial score (nSPS) is 14.1. The van der Waals surface area contributed by atoms with Crippen LogP contribution in [0.15, 0.2) is 42.5 Å². The Morgan fingerprint density at radius 2 is 1.88 bits per heavy atom. The fourth-order valence-corrected chi connectivity index (χ4v) is 4.07. The zero-order valence-electron chi connectivity index (χ0n) is 19.1. The van der Waals surface area contributed by atoms with Gasteiger partial charge in [0.15, 0.2) is 5.11 Å². The summed E-state index contributed by atoms with van der Waals surface area (Å²) in [6.45, 7) is 6.25. The van der Waals surface area contributed by atoms with Gasteiger partial charge in [-0.2, -0.15) is 0 Å². The first-order valence-electron chi connectivity index (χ1n) is 10.9. The van der Waals surface area contributed by atoms with Crippen molar-refractivity contribution in [3.05, 3.63) is 53.1 Å². The van der Waals surface area contributed by atoms with Crippen molar-refractivity contribution >= 4 is 40.3 Å². The van der Waals surface area contributed by atoms with Crippen LogP contribution < -0.4 is 15.0 Å². The topological polar surface area (TPSA) is 40.2 Å². The van der Waals surface area contributed by atoms with Crippen molar-refractivity contribution in [2.45, 2.75) is 13.0 Å². The zero-order chi connectivity index (χ0) is 22.9. The van der Waals surface area contributed by atoms with E-state index in [0.29, 0.717) is 15.9 Å². The van der Waals surface area contributed by atoms with Crippen LogP contribution in [0.2, 0.25) is 5.02 Å². The fraction of sp³-hybridized carbons (Fsp3) is 0.458. The number of methoxy groups -OCH3 is 1. The number of hydrogen-bond donors (Lipinski definition) is 1. The van der Waals surface area contributed by atoms with Crippen molar-refractivity contribution < 1.29 is 9.47 Å². The van der Waals surface area contributed by atoms with Crippen LogP contribution in [0.1, 0.15) is 12.0 Å². The molecule has 0 aliphatic carbocycles. The van der Waals surface area contributed by atoms with Crippen LogP contribution in [0.4, 0.5) is 11.4 Å². The summed E-state index contributed by atoms with van der Waals surface area (Å²) in [5, 5.41) is 4.66. The van der Waals surface area contributed by atoms with Gasteiger partial charge in [0.2, 0.25) is 0 Å². The Labute approximate surface area is 202 Å². The minimum absolute atomic E-state index is 0.627. The van der Waals surface area contributed by atoms with Gasteiger partial charge in [-0.25, -0.2) is 0 Å². The van der Waals surface area contributed by atoms with E-state index in [9.17, 15) is 0 Å². The van der Waals surface area contributed by atoms with E-state index in [1.165, 1.54) is 11.3 Å². The second kappa shape index (κ2) is 12.3. The number of nitrogens with one attached hydrogen (secondary N) is 1.